The van der Waals surface area contributed by atoms with E-state index < -0.39 is 0 Å². The molecular weight excluding hydrogens is 345 g/mol. The molecule has 7 heteroatoms. The lowest BCUT2D eigenvalue weighted by molar-refractivity contribution is -0.120. The Morgan fingerprint density at radius 3 is 2.92 bits per heavy atom. The summed E-state index contributed by atoms with van der Waals surface area (Å²) >= 11 is 2.84. The molecule has 0 fully saturated rings. The fraction of sp³-hybridized carbons (Fsp3) is 0.471. The molecule has 1 aromatic carbocycles. The topological polar surface area (TPSA) is 54.9 Å². The number of carbonyl (C=O) groups excluding carboxylic acids is 1. The van der Waals surface area contributed by atoms with E-state index in [1.54, 1.807) is 6.07 Å². The maximum atomic E-state index is 13.2. The van der Waals surface area contributed by atoms with E-state index in [4.69, 9.17) is 0 Å². The van der Waals surface area contributed by atoms with Gasteiger partial charge in [-0.1, -0.05) is 61.9 Å². The first kappa shape index (κ1) is 18.9. The third-order valence-electron chi connectivity index (χ3n) is 3.66. The molecule has 0 bridgehead atoms. The van der Waals surface area contributed by atoms with Gasteiger partial charge >= 0.3 is 0 Å². The Morgan fingerprint density at radius 2 is 2.21 bits per heavy atom. The number of halogens is 1. The summed E-state index contributed by atoms with van der Waals surface area (Å²) in [6.45, 7) is 4.15. The lowest BCUT2D eigenvalue weighted by Crippen LogP contribution is -2.22. The SMILES string of the molecule is CCCCC(CC)C(=O)Nc1nnc(SCc2cccc(F)c2)s1. The predicted octanol–water partition coefficient (Wildman–Crippen LogP) is 5.12. The molecule has 2 rings (SSSR count). The third-order valence-corrected chi connectivity index (χ3v) is 5.70. The number of aromatic nitrogens is 2. The molecule has 0 spiro atoms. The van der Waals surface area contributed by atoms with Gasteiger partial charge in [0.05, 0.1) is 0 Å². The highest BCUT2D eigenvalue weighted by Gasteiger charge is 2.17. The molecule has 2 aromatic rings. The summed E-state index contributed by atoms with van der Waals surface area (Å²) in [4.78, 5) is 12.3. The van der Waals surface area contributed by atoms with Crippen molar-refractivity contribution in [1.82, 2.24) is 10.2 Å². The number of unbranched alkanes of at least 4 members (excludes halogenated alkanes) is 1. The van der Waals surface area contributed by atoms with Gasteiger partial charge in [0.1, 0.15) is 5.82 Å². The number of nitrogens with one attached hydrogen (secondary N) is 1. The number of anilines is 1. The van der Waals surface area contributed by atoms with Crippen molar-refractivity contribution in [2.75, 3.05) is 5.32 Å². The van der Waals surface area contributed by atoms with E-state index in [0.717, 1.165) is 35.6 Å². The second kappa shape index (κ2) is 9.74. The zero-order chi connectivity index (χ0) is 17.4. The second-order valence-electron chi connectivity index (χ2n) is 5.53. The zero-order valence-electron chi connectivity index (χ0n) is 13.9. The van der Waals surface area contributed by atoms with Gasteiger partial charge in [-0.3, -0.25) is 4.79 Å². The summed E-state index contributed by atoms with van der Waals surface area (Å²) in [6.07, 6.45) is 3.87. The van der Waals surface area contributed by atoms with Crippen LogP contribution in [-0.2, 0) is 10.5 Å². The molecule has 0 aliphatic rings. The highest BCUT2D eigenvalue weighted by Crippen LogP contribution is 2.29. The van der Waals surface area contributed by atoms with Gasteiger partial charge in [0, 0.05) is 11.7 Å². The van der Waals surface area contributed by atoms with Crippen molar-refractivity contribution >= 4 is 34.1 Å². The summed E-state index contributed by atoms with van der Waals surface area (Å²) < 4.78 is 13.9. The molecule has 1 aromatic heterocycles. The number of nitrogens with zero attached hydrogens (tertiary/aromatic N) is 2. The smallest absolute Gasteiger partial charge is 0.229 e. The molecule has 0 saturated carbocycles. The largest absolute Gasteiger partial charge is 0.300 e. The van der Waals surface area contributed by atoms with Crippen LogP contribution < -0.4 is 5.32 Å². The molecule has 1 atom stereocenters. The predicted molar refractivity (Wildman–Crippen MR) is 97.8 cm³/mol. The summed E-state index contributed by atoms with van der Waals surface area (Å²) in [7, 11) is 0. The van der Waals surface area contributed by atoms with E-state index in [1.807, 2.05) is 13.0 Å². The van der Waals surface area contributed by atoms with Gasteiger partial charge in [-0.2, -0.15) is 0 Å². The highest BCUT2D eigenvalue weighted by molar-refractivity contribution is 8.00. The van der Waals surface area contributed by atoms with Crippen LogP contribution in [0.2, 0.25) is 0 Å². The highest BCUT2D eigenvalue weighted by atomic mass is 32.2. The van der Waals surface area contributed by atoms with E-state index in [-0.39, 0.29) is 17.6 Å². The minimum Gasteiger partial charge on any atom is -0.300 e. The van der Waals surface area contributed by atoms with Gasteiger partial charge in [0.15, 0.2) is 4.34 Å². The second-order valence-corrected chi connectivity index (χ2v) is 7.73. The number of hydrogen-bond donors (Lipinski definition) is 1. The molecule has 0 saturated heterocycles. The maximum Gasteiger partial charge on any atom is 0.229 e. The van der Waals surface area contributed by atoms with Crippen LogP contribution in [0.15, 0.2) is 28.6 Å². The van der Waals surface area contributed by atoms with Crippen LogP contribution in [0.1, 0.15) is 45.1 Å². The van der Waals surface area contributed by atoms with Crippen molar-refractivity contribution in [3.63, 3.8) is 0 Å². The van der Waals surface area contributed by atoms with Crippen LogP contribution in [-0.4, -0.2) is 16.1 Å². The summed E-state index contributed by atoms with van der Waals surface area (Å²) in [5.41, 5.74) is 0.895. The van der Waals surface area contributed by atoms with Crippen LogP contribution in [0.5, 0.6) is 0 Å². The number of carbonyl (C=O) groups is 1. The average molecular weight is 368 g/mol. The summed E-state index contributed by atoms with van der Waals surface area (Å²) in [5.74, 6) is 0.422. The Kier molecular flexibility index (Phi) is 7.65. The number of thioether (sulfide) groups is 1. The molecule has 1 unspecified atom stereocenters. The van der Waals surface area contributed by atoms with Gasteiger partial charge in [-0.05, 0) is 30.5 Å². The minimum atomic E-state index is -0.240. The molecule has 0 aliphatic heterocycles. The molecule has 1 N–H and O–H groups in total. The molecule has 24 heavy (non-hydrogen) atoms. The van der Waals surface area contributed by atoms with Crippen molar-refractivity contribution in [1.29, 1.82) is 0 Å². The minimum absolute atomic E-state index is 0.0174. The van der Waals surface area contributed by atoms with Crippen LogP contribution in [0, 0.1) is 11.7 Å². The van der Waals surface area contributed by atoms with Gasteiger partial charge < -0.3 is 5.32 Å². The van der Waals surface area contributed by atoms with Gasteiger partial charge in [-0.15, -0.1) is 10.2 Å². The van der Waals surface area contributed by atoms with Crippen molar-refractivity contribution in [3.05, 3.63) is 35.6 Å². The maximum absolute atomic E-state index is 13.2. The first-order valence-corrected chi connectivity index (χ1v) is 9.94. The van der Waals surface area contributed by atoms with Crippen LogP contribution in [0.25, 0.3) is 0 Å². The van der Waals surface area contributed by atoms with Gasteiger partial charge in [0.25, 0.3) is 0 Å². The summed E-state index contributed by atoms with van der Waals surface area (Å²) in [6, 6.07) is 6.50. The van der Waals surface area contributed by atoms with Gasteiger partial charge in [-0.25, -0.2) is 4.39 Å². The Bertz CT molecular complexity index is 663. The summed E-state index contributed by atoms with van der Waals surface area (Å²) in [5, 5.41) is 11.5. The number of hydrogen-bond acceptors (Lipinski definition) is 5. The molecule has 1 heterocycles. The van der Waals surface area contributed by atoms with Crippen molar-refractivity contribution in [2.45, 2.75) is 49.6 Å². The van der Waals surface area contributed by atoms with Crippen molar-refractivity contribution < 1.29 is 9.18 Å². The van der Waals surface area contributed by atoms with E-state index in [0.29, 0.717) is 10.9 Å². The number of benzene rings is 1. The molecule has 0 radical (unpaired) electrons. The monoisotopic (exact) mass is 367 g/mol. The zero-order valence-corrected chi connectivity index (χ0v) is 15.6. The molecule has 130 valence electrons. The van der Waals surface area contributed by atoms with E-state index in [2.05, 4.69) is 22.4 Å². The van der Waals surface area contributed by atoms with Crippen LogP contribution in [0.3, 0.4) is 0 Å². The number of rotatable bonds is 9. The van der Waals surface area contributed by atoms with Crippen molar-refractivity contribution in [3.8, 4) is 0 Å². The quantitative estimate of drug-likeness (QED) is 0.493. The van der Waals surface area contributed by atoms with Crippen LogP contribution in [0.4, 0.5) is 9.52 Å². The normalized spacial score (nSPS) is 12.1. The van der Waals surface area contributed by atoms with E-state index in [1.165, 1.54) is 35.2 Å². The molecule has 4 nitrogen and oxygen atoms in total. The lowest BCUT2D eigenvalue weighted by Gasteiger charge is -2.12. The van der Waals surface area contributed by atoms with Gasteiger partial charge in [0.2, 0.25) is 11.0 Å². The molecule has 0 aliphatic carbocycles. The Morgan fingerprint density at radius 1 is 1.38 bits per heavy atom. The van der Waals surface area contributed by atoms with Crippen LogP contribution >= 0.6 is 23.1 Å². The standard InChI is InChI=1S/C17H22FN3OS2/c1-3-5-8-13(4-2)15(22)19-16-20-21-17(24-16)23-11-12-7-6-9-14(18)10-12/h6-7,9-10,13H,3-5,8,11H2,1-2H3,(H,19,20,22). The fourth-order valence-corrected chi connectivity index (χ4v) is 3.97. The Hall–Kier alpha value is -1.47. The Labute approximate surface area is 150 Å². The number of amides is 1. The average Bonchev–Trinajstić information content (AvgIpc) is 3.01. The van der Waals surface area contributed by atoms with E-state index >= 15 is 0 Å². The lowest BCUT2D eigenvalue weighted by atomic mass is 9.99. The van der Waals surface area contributed by atoms with E-state index in [9.17, 15) is 9.18 Å². The first-order valence-electron chi connectivity index (χ1n) is 8.14. The van der Waals surface area contributed by atoms with Crippen molar-refractivity contribution in [2.24, 2.45) is 5.92 Å². The third kappa shape index (κ3) is 5.87. The molecular formula is C17H22FN3OS2. The fourth-order valence-electron chi connectivity index (χ4n) is 2.27. The Balaban J connectivity index is 1.87. The molecule has 1 amide bonds. The first-order chi connectivity index (χ1) is 11.6.